The number of alkyl halides is 3. The summed E-state index contributed by atoms with van der Waals surface area (Å²) in [5.74, 6) is -0.526. The minimum atomic E-state index is -4.68. The molecule has 1 heterocycles. The fourth-order valence-corrected chi connectivity index (χ4v) is 1.64. The molecular formula is C13H7F3N4O. The molecule has 1 aromatic heterocycles. The van der Waals surface area contributed by atoms with Crippen LogP contribution in [0, 0.1) is 29.6 Å². The highest BCUT2D eigenvalue weighted by Gasteiger charge is 2.39. The monoisotopic (exact) mass is 292 g/mol. The summed E-state index contributed by atoms with van der Waals surface area (Å²) >= 11 is 0. The minimum absolute atomic E-state index is 0.0411. The molecule has 2 aromatic rings. The lowest BCUT2D eigenvalue weighted by atomic mass is 10.1. The topological polar surface area (TPSA) is 85.5 Å². The standard InChI is InChI=1S/C13H7F3N4O/c1-7-11(12(20-19-7)13(14,15)16)21-10-3-8(5-17)2-9(4-10)6-18/h2-4H,1H3,(H,19,20). The second-order valence-electron chi connectivity index (χ2n) is 4.10. The van der Waals surface area contributed by atoms with Gasteiger partial charge in [-0.2, -0.15) is 28.8 Å². The van der Waals surface area contributed by atoms with Crippen LogP contribution in [0.2, 0.25) is 0 Å². The molecule has 5 nitrogen and oxygen atoms in total. The first-order chi connectivity index (χ1) is 9.85. The van der Waals surface area contributed by atoms with Crippen LogP contribution in [0.5, 0.6) is 11.5 Å². The number of ether oxygens (including phenoxy) is 1. The van der Waals surface area contributed by atoms with E-state index in [0.717, 1.165) is 0 Å². The zero-order valence-corrected chi connectivity index (χ0v) is 10.6. The number of benzene rings is 1. The van der Waals surface area contributed by atoms with Crippen molar-refractivity contribution in [3.05, 3.63) is 40.7 Å². The fourth-order valence-electron chi connectivity index (χ4n) is 1.64. The van der Waals surface area contributed by atoms with Crippen molar-refractivity contribution < 1.29 is 17.9 Å². The van der Waals surface area contributed by atoms with Gasteiger partial charge in [-0.1, -0.05) is 0 Å². The lowest BCUT2D eigenvalue weighted by Crippen LogP contribution is -2.07. The van der Waals surface area contributed by atoms with Crippen molar-refractivity contribution in [1.29, 1.82) is 10.5 Å². The van der Waals surface area contributed by atoms with Crippen LogP contribution >= 0.6 is 0 Å². The minimum Gasteiger partial charge on any atom is -0.453 e. The number of aromatic amines is 1. The summed E-state index contributed by atoms with van der Waals surface area (Å²) in [4.78, 5) is 0. The summed E-state index contributed by atoms with van der Waals surface area (Å²) in [6, 6.07) is 7.40. The third-order valence-corrected chi connectivity index (χ3v) is 2.54. The third kappa shape index (κ3) is 2.95. The summed E-state index contributed by atoms with van der Waals surface area (Å²) < 4.78 is 43.5. The molecule has 21 heavy (non-hydrogen) atoms. The smallest absolute Gasteiger partial charge is 0.438 e. The second-order valence-corrected chi connectivity index (χ2v) is 4.10. The fraction of sp³-hybridized carbons (Fsp3) is 0.154. The number of nitrogens with zero attached hydrogens (tertiary/aromatic N) is 3. The number of hydrogen-bond donors (Lipinski definition) is 1. The van der Waals surface area contributed by atoms with Crippen molar-refractivity contribution in [2.24, 2.45) is 0 Å². The van der Waals surface area contributed by atoms with Gasteiger partial charge in [-0.3, -0.25) is 5.10 Å². The molecule has 0 aliphatic carbocycles. The van der Waals surface area contributed by atoms with E-state index >= 15 is 0 Å². The molecule has 0 aliphatic rings. The normalized spacial score (nSPS) is 10.8. The van der Waals surface area contributed by atoms with Gasteiger partial charge in [0.1, 0.15) is 5.75 Å². The number of hydrogen-bond acceptors (Lipinski definition) is 4. The van der Waals surface area contributed by atoms with E-state index in [1.165, 1.54) is 25.1 Å². The molecule has 0 unspecified atom stereocenters. The predicted octanol–water partition coefficient (Wildman–Crippen LogP) is 3.27. The molecule has 0 bridgehead atoms. The summed E-state index contributed by atoms with van der Waals surface area (Å²) in [7, 11) is 0. The number of halogens is 3. The van der Waals surface area contributed by atoms with Crippen LogP contribution in [0.25, 0.3) is 0 Å². The van der Waals surface area contributed by atoms with Gasteiger partial charge in [0.05, 0.1) is 29.0 Å². The van der Waals surface area contributed by atoms with Gasteiger partial charge >= 0.3 is 6.18 Å². The van der Waals surface area contributed by atoms with E-state index in [1.54, 1.807) is 12.1 Å². The van der Waals surface area contributed by atoms with E-state index in [9.17, 15) is 13.2 Å². The van der Waals surface area contributed by atoms with E-state index in [4.69, 9.17) is 15.3 Å². The van der Waals surface area contributed by atoms with Crippen LogP contribution in [0.15, 0.2) is 18.2 Å². The Morgan fingerprint density at radius 3 is 2.19 bits per heavy atom. The predicted molar refractivity (Wildman–Crippen MR) is 64.3 cm³/mol. The molecule has 106 valence electrons. The highest BCUT2D eigenvalue weighted by atomic mass is 19.4. The second kappa shape index (κ2) is 5.17. The Labute approximate surface area is 117 Å². The summed E-state index contributed by atoms with van der Waals surface area (Å²) in [5.41, 5.74) is -0.887. The number of nitriles is 2. The Hall–Kier alpha value is -3.00. The Morgan fingerprint density at radius 2 is 1.71 bits per heavy atom. The van der Waals surface area contributed by atoms with Crippen molar-refractivity contribution in [2.75, 3.05) is 0 Å². The van der Waals surface area contributed by atoms with Crippen molar-refractivity contribution in [1.82, 2.24) is 10.2 Å². The molecule has 8 heteroatoms. The molecule has 0 radical (unpaired) electrons. The molecule has 0 fully saturated rings. The van der Waals surface area contributed by atoms with Gasteiger partial charge in [0.15, 0.2) is 5.75 Å². The Balaban J connectivity index is 2.47. The van der Waals surface area contributed by atoms with Gasteiger partial charge in [-0.15, -0.1) is 0 Å². The van der Waals surface area contributed by atoms with Crippen molar-refractivity contribution in [2.45, 2.75) is 13.1 Å². The summed E-state index contributed by atoms with van der Waals surface area (Å²) in [6.07, 6.45) is -4.68. The maximum Gasteiger partial charge on any atom is 0.438 e. The Kier molecular flexibility index (Phi) is 3.55. The number of rotatable bonds is 2. The Morgan fingerprint density at radius 1 is 1.14 bits per heavy atom. The molecule has 1 N–H and O–H groups in total. The van der Waals surface area contributed by atoms with Gasteiger partial charge in [-0.05, 0) is 25.1 Å². The van der Waals surface area contributed by atoms with E-state index in [0.29, 0.717) is 0 Å². The molecule has 0 saturated heterocycles. The maximum absolute atomic E-state index is 12.8. The molecule has 0 aliphatic heterocycles. The SMILES string of the molecule is Cc1[nH]nc(C(F)(F)F)c1Oc1cc(C#N)cc(C#N)c1. The van der Waals surface area contributed by atoms with E-state index in [1.807, 2.05) is 0 Å². The zero-order valence-electron chi connectivity index (χ0n) is 10.6. The van der Waals surface area contributed by atoms with Crippen LogP contribution in [0.1, 0.15) is 22.5 Å². The first kappa shape index (κ1) is 14.4. The molecular weight excluding hydrogens is 285 g/mol. The van der Waals surface area contributed by atoms with Crippen LogP contribution in [0.4, 0.5) is 13.2 Å². The van der Waals surface area contributed by atoms with E-state index in [2.05, 4.69) is 10.2 Å². The summed E-state index contributed by atoms with van der Waals surface area (Å²) in [6.45, 7) is 1.37. The van der Waals surface area contributed by atoms with Crippen LogP contribution < -0.4 is 4.74 Å². The van der Waals surface area contributed by atoms with E-state index < -0.39 is 17.6 Å². The molecule has 0 atom stereocenters. The average molecular weight is 292 g/mol. The van der Waals surface area contributed by atoms with E-state index in [-0.39, 0.29) is 22.6 Å². The molecule has 0 saturated carbocycles. The lowest BCUT2D eigenvalue weighted by molar-refractivity contribution is -0.142. The lowest BCUT2D eigenvalue weighted by Gasteiger charge is -2.09. The number of H-pyrrole nitrogens is 1. The molecule has 1 aromatic carbocycles. The van der Waals surface area contributed by atoms with Gasteiger partial charge in [0.25, 0.3) is 0 Å². The van der Waals surface area contributed by atoms with Crippen molar-refractivity contribution >= 4 is 0 Å². The van der Waals surface area contributed by atoms with Crippen LogP contribution in [-0.4, -0.2) is 10.2 Å². The van der Waals surface area contributed by atoms with Crippen molar-refractivity contribution in [3.63, 3.8) is 0 Å². The zero-order chi connectivity index (χ0) is 15.6. The van der Waals surface area contributed by atoms with Gasteiger partial charge in [-0.25, -0.2) is 0 Å². The van der Waals surface area contributed by atoms with Crippen LogP contribution in [0.3, 0.4) is 0 Å². The average Bonchev–Trinajstić information content (AvgIpc) is 2.79. The highest BCUT2D eigenvalue weighted by molar-refractivity contribution is 5.48. The largest absolute Gasteiger partial charge is 0.453 e. The first-order valence-corrected chi connectivity index (χ1v) is 5.60. The number of nitrogens with one attached hydrogen (secondary N) is 1. The van der Waals surface area contributed by atoms with Gasteiger partial charge in [0.2, 0.25) is 5.69 Å². The van der Waals surface area contributed by atoms with Gasteiger partial charge < -0.3 is 4.74 Å². The third-order valence-electron chi connectivity index (χ3n) is 2.54. The summed E-state index contributed by atoms with van der Waals surface area (Å²) in [5, 5.41) is 23.0. The quantitative estimate of drug-likeness (QED) is 0.920. The molecule has 2 rings (SSSR count). The van der Waals surface area contributed by atoms with Gasteiger partial charge in [0, 0.05) is 0 Å². The van der Waals surface area contributed by atoms with Crippen molar-refractivity contribution in [3.8, 4) is 23.6 Å². The molecule has 0 amide bonds. The maximum atomic E-state index is 12.8. The first-order valence-electron chi connectivity index (χ1n) is 5.60. The molecule has 0 spiro atoms. The van der Waals surface area contributed by atoms with Crippen LogP contribution in [-0.2, 0) is 6.18 Å². The number of aryl methyl sites for hydroxylation is 1. The highest BCUT2D eigenvalue weighted by Crippen LogP contribution is 2.38. The number of aromatic nitrogens is 2. The Bertz CT molecular complexity index is 733.